The normalized spacial score (nSPS) is 10.0. The monoisotopic (exact) mass is 180 g/mol. The summed E-state index contributed by atoms with van der Waals surface area (Å²) in [5.41, 5.74) is 0.987. The minimum Gasteiger partial charge on any atom is -0.369 e. The van der Waals surface area contributed by atoms with Crippen molar-refractivity contribution < 1.29 is 0 Å². The molecule has 72 valence electrons. The van der Waals surface area contributed by atoms with Crippen LogP contribution in [-0.4, -0.2) is 29.6 Å². The van der Waals surface area contributed by atoms with Crippen LogP contribution in [0.15, 0.2) is 12.4 Å². The summed E-state index contributed by atoms with van der Waals surface area (Å²) in [6.07, 6.45) is 1.57. The van der Waals surface area contributed by atoms with Gasteiger partial charge in [-0.3, -0.25) is 0 Å². The van der Waals surface area contributed by atoms with Crippen molar-refractivity contribution >= 4 is 5.82 Å². The van der Waals surface area contributed by atoms with Gasteiger partial charge in [0.05, 0.1) is 0 Å². The second kappa shape index (κ2) is 5.48. The maximum absolute atomic E-state index is 4.09. The van der Waals surface area contributed by atoms with Crippen LogP contribution >= 0.6 is 0 Å². The molecule has 2 N–H and O–H groups in total. The van der Waals surface area contributed by atoms with Crippen LogP contribution in [0.4, 0.5) is 5.82 Å². The molecule has 4 heteroatoms. The summed E-state index contributed by atoms with van der Waals surface area (Å²) >= 11 is 0. The molecule has 0 aromatic carbocycles. The van der Waals surface area contributed by atoms with Crippen LogP contribution < -0.4 is 10.6 Å². The van der Waals surface area contributed by atoms with E-state index in [0.717, 1.165) is 31.1 Å². The van der Waals surface area contributed by atoms with E-state index in [1.807, 2.05) is 13.0 Å². The summed E-state index contributed by atoms with van der Waals surface area (Å²) in [5, 5.41) is 6.43. The van der Waals surface area contributed by atoms with Crippen molar-refractivity contribution in [1.29, 1.82) is 0 Å². The van der Waals surface area contributed by atoms with Gasteiger partial charge in [-0.25, -0.2) is 9.97 Å². The number of aryl methyl sites for hydroxylation is 1. The molecule has 0 atom stereocenters. The fourth-order valence-electron chi connectivity index (χ4n) is 1.01. The highest BCUT2D eigenvalue weighted by Gasteiger charge is 1.92. The lowest BCUT2D eigenvalue weighted by molar-refractivity contribution is 0.737. The molecular formula is C9H16N4. The molecule has 0 saturated carbocycles. The first-order valence-electron chi connectivity index (χ1n) is 4.56. The van der Waals surface area contributed by atoms with E-state index in [9.17, 15) is 0 Å². The molecule has 13 heavy (non-hydrogen) atoms. The number of hydrogen-bond donors (Lipinski definition) is 2. The Hall–Kier alpha value is -1.16. The van der Waals surface area contributed by atoms with Gasteiger partial charge in [-0.2, -0.15) is 0 Å². The number of aromatic nitrogens is 2. The summed E-state index contributed by atoms with van der Waals surface area (Å²) in [5.74, 6) is 0.894. The smallest absolute Gasteiger partial charge is 0.129 e. The average Bonchev–Trinajstić information content (AvgIpc) is 2.13. The Morgan fingerprint density at radius 2 is 2.15 bits per heavy atom. The van der Waals surface area contributed by atoms with Gasteiger partial charge >= 0.3 is 0 Å². The molecule has 0 radical (unpaired) electrons. The fraction of sp³-hybridized carbons (Fsp3) is 0.556. The first kappa shape index (κ1) is 9.92. The highest BCUT2D eigenvalue weighted by molar-refractivity contribution is 5.34. The van der Waals surface area contributed by atoms with Gasteiger partial charge in [0.1, 0.15) is 12.1 Å². The molecule has 0 aliphatic carbocycles. The van der Waals surface area contributed by atoms with E-state index in [1.54, 1.807) is 6.33 Å². The van der Waals surface area contributed by atoms with Crippen molar-refractivity contribution in [2.75, 3.05) is 25.0 Å². The van der Waals surface area contributed by atoms with Gasteiger partial charge in [0.2, 0.25) is 0 Å². The topological polar surface area (TPSA) is 49.8 Å². The molecule has 0 bridgehead atoms. The molecule has 1 heterocycles. The van der Waals surface area contributed by atoms with Crippen molar-refractivity contribution in [2.45, 2.75) is 13.8 Å². The third-order valence-corrected chi connectivity index (χ3v) is 1.66. The van der Waals surface area contributed by atoms with Crippen LogP contribution in [0.1, 0.15) is 12.6 Å². The Morgan fingerprint density at radius 1 is 1.31 bits per heavy atom. The zero-order chi connectivity index (χ0) is 9.52. The van der Waals surface area contributed by atoms with E-state index in [4.69, 9.17) is 0 Å². The maximum atomic E-state index is 4.09. The Labute approximate surface area is 78.8 Å². The summed E-state index contributed by atoms with van der Waals surface area (Å²) in [7, 11) is 0. The predicted octanol–water partition coefficient (Wildman–Crippen LogP) is 0.806. The summed E-state index contributed by atoms with van der Waals surface area (Å²) in [4.78, 5) is 8.10. The standard InChI is InChI=1S/C9H16N4/c1-3-10-4-5-11-9-6-8(2)12-7-13-9/h6-7,10H,3-5H2,1-2H3,(H,11,12,13). The zero-order valence-electron chi connectivity index (χ0n) is 8.17. The number of nitrogens with one attached hydrogen (secondary N) is 2. The lowest BCUT2D eigenvalue weighted by atomic mass is 10.4. The number of hydrogen-bond acceptors (Lipinski definition) is 4. The van der Waals surface area contributed by atoms with E-state index in [-0.39, 0.29) is 0 Å². The summed E-state index contributed by atoms with van der Waals surface area (Å²) in [6, 6.07) is 1.94. The van der Waals surface area contributed by atoms with Crippen molar-refractivity contribution in [3.63, 3.8) is 0 Å². The minimum absolute atomic E-state index is 0.893. The highest BCUT2D eigenvalue weighted by atomic mass is 15.0. The maximum Gasteiger partial charge on any atom is 0.129 e. The second-order valence-corrected chi connectivity index (χ2v) is 2.82. The van der Waals surface area contributed by atoms with Crippen molar-refractivity contribution in [2.24, 2.45) is 0 Å². The Kier molecular flexibility index (Phi) is 4.18. The van der Waals surface area contributed by atoms with Gasteiger partial charge in [-0.1, -0.05) is 6.92 Å². The molecule has 1 aromatic heterocycles. The number of likely N-dealkylation sites (N-methyl/N-ethyl adjacent to an activating group) is 1. The highest BCUT2D eigenvalue weighted by Crippen LogP contribution is 2.00. The number of rotatable bonds is 5. The van der Waals surface area contributed by atoms with Crippen LogP contribution in [-0.2, 0) is 0 Å². The first-order chi connectivity index (χ1) is 6.33. The van der Waals surface area contributed by atoms with Gasteiger partial charge in [-0.05, 0) is 13.5 Å². The first-order valence-corrected chi connectivity index (χ1v) is 4.56. The van der Waals surface area contributed by atoms with Crippen LogP contribution in [0, 0.1) is 6.92 Å². The molecule has 0 spiro atoms. The molecule has 1 rings (SSSR count). The van der Waals surface area contributed by atoms with Gasteiger partial charge < -0.3 is 10.6 Å². The largest absolute Gasteiger partial charge is 0.369 e. The van der Waals surface area contributed by atoms with E-state index in [2.05, 4.69) is 27.5 Å². The number of nitrogens with zero attached hydrogens (tertiary/aromatic N) is 2. The van der Waals surface area contributed by atoms with E-state index in [1.165, 1.54) is 0 Å². The lowest BCUT2D eigenvalue weighted by Gasteiger charge is -2.05. The van der Waals surface area contributed by atoms with Gasteiger partial charge in [0.15, 0.2) is 0 Å². The second-order valence-electron chi connectivity index (χ2n) is 2.82. The van der Waals surface area contributed by atoms with Gasteiger partial charge in [0, 0.05) is 24.8 Å². The Bertz CT molecular complexity index is 249. The lowest BCUT2D eigenvalue weighted by Crippen LogP contribution is -2.21. The zero-order valence-corrected chi connectivity index (χ0v) is 8.17. The molecule has 0 aliphatic rings. The summed E-state index contributed by atoms with van der Waals surface area (Å²) in [6.45, 7) is 6.90. The van der Waals surface area contributed by atoms with Crippen LogP contribution in [0.5, 0.6) is 0 Å². The average molecular weight is 180 g/mol. The Morgan fingerprint density at radius 3 is 2.85 bits per heavy atom. The van der Waals surface area contributed by atoms with Crippen LogP contribution in [0.3, 0.4) is 0 Å². The molecule has 0 amide bonds. The quantitative estimate of drug-likeness (QED) is 0.658. The van der Waals surface area contributed by atoms with E-state index < -0.39 is 0 Å². The molecular weight excluding hydrogens is 164 g/mol. The van der Waals surface area contributed by atoms with Crippen LogP contribution in [0.2, 0.25) is 0 Å². The fourth-order valence-corrected chi connectivity index (χ4v) is 1.01. The molecule has 0 aliphatic heterocycles. The number of anilines is 1. The Balaban J connectivity index is 2.28. The third kappa shape index (κ3) is 3.85. The van der Waals surface area contributed by atoms with Crippen LogP contribution in [0.25, 0.3) is 0 Å². The van der Waals surface area contributed by atoms with E-state index in [0.29, 0.717) is 0 Å². The molecule has 1 aromatic rings. The predicted molar refractivity (Wildman–Crippen MR) is 53.8 cm³/mol. The molecule has 0 saturated heterocycles. The third-order valence-electron chi connectivity index (χ3n) is 1.66. The molecule has 0 fully saturated rings. The van der Waals surface area contributed by atoms with Crippen molar-refractivity contribution in [1.82, 2.24) is 15.3 Å². The SMILES string of the molecule is CCNCCNc1cc(C)ncn1. The van der Waals surface area contributed by atoms with Gasteiger partial charge in [-0.15, -0.1) is 0 Å². The molecule has 4 nitrogen and oxygen atoms in total. The molecule has 0 unspecified atom stereocenters. The van der Waals surface area contributed by atoms with E-state index >= 15 is 0 Å². The van der Waals surface area contributed by atoms with Gasteiger partial charge in [0.25, 0.3) is 0 Å². The van der Waals surface area contributed by atoms with Crippen molar-refractivity contribution in [3.8, 4) is 0 Å². The summed E-state index contributed by atoms with van der Waals surface area (Å²) < 4.78 is 0. The minimum atomic E-state index is 0.893. The van der Waals surface area contributed by atoms with Crippen molar-refractivity contribution in [3.05, 3.63) is 18.1 Å².